The molecule has 0 atom stereocenters. The van der Waals surface area contributed by atoms with Gasteiger partial charge < -0.3 is 0 Å². The summed E-state index contributed by atoms with van der Waals surface area (Å²) in [5.74, 6) is 1.77. The van der Waals surface area contributed by atoms with E-state index in [9.17, 15) is 0 Å². The van der Waals surface area contributed by atoms with E-state index in [-0.39, 0.29) is 0 Å². The number of pyridine rings is 1. The van der Waals surface area contributed by atoms with Crippen LogP contribution in [0.5, 0.6) is 0 Å². The van der Waals surface area contributed by atoms with E-state index in [1.54, 1.807) is 0 Å². The Bertz CT molecular complexity index is 3240. The lowest BCUT2D eigenvalue weighted by molar-refractivity contribution is 1.06. The number of benzene rings is 9. The number of rotatable bonds is 4. The summed E-state index contributed by atoms with van der Waals surface area (Å²) in [5.41, 5.74) is 5.84. The van der Waals surface area contributed by atoms with Crippen LogP contribution < -0.4 is 0 Å². The first kappa shape index (κ1) is 30.3. The summed E-state index contributed by atoms with van der Waals surface area (Å²) in [6.07, 6.45) is 0. The summed E-state index contributed by atoms with van der Waals surface area (Å²) in [7, 11) is 0. The molecule has 0 aliphatic rings. The van der Waals surface area contributed by atoms with E-state index in [0.717, 1.165) is 32.8 Å². The van der Waals surface area contributed by atoms with Crippen molar-refractivity contribution < 1.29 is 0 Å². The number of hydrogen-bond donors (Lipinski definition) is 0. The van der Waals surface area contributed by atoms with Crippen molar-refractivity contribution in [3.8, 4) is 45.4 Å². The quantitative estimate of drug-likeness (QED) is 0.173. The van der Waals surface area contributed by atoms with Crippen LogP contribution in [0.4, 0.5) is 0 Å². The summed E-state index contributed by atoms with van der Waals surface area (Å²) in [4.78, 5) is 20.0. The fraction of sp³-hybridized carbons (Fsp3) is 0. The molecule has 2 heterocycles. The molecule has 11 rings (SSSR count). The molecule has 4 heteroatoms. The molecular weight excluding hydrogens is 657 g/mol. The minimum Gasteiger partial charge on any atom is -0.244 e. The third kappa shape index (κ3) is 5.00. The summed E-state index contributed by atoms with van der Waals surface area (Å²) >= 11 is 0. The maximum absolute atomic E-state index is 5.05. The SMILES string of the molecule is c1ccc(-c2nc(-c3ccc4cc(-c5ccc6c7ccccc7c7ccccc7c6c5)ccc4c3)nc(-c3ccc4c(ccc5ccccc54)n3)n2)cc1. The topological polar surface area (TPSA) is 51.6 Å². The van der Waals surface area contributed by atoms with Gasteiger partial charge >= 0.3 is 0 Å². The van der Waals surface area contributed by atoms with Crippen LogP contribution in [0.2, 0.25) is 0 Å². The third-order valence-corrected chi connectivity index (χ3v) is 10.7. The van der Waals surface area contributed by atoms with Crippen LogP contribution in [0.3, 0.4) is 0 Å². The average molecular weight is 687 g/mol. The minimum atomic E-state index is 0.543. The number of nitrogens with zero attached hydrogens (tertiary/aromatic N) is 4. The van der Waals surface area contributed by atoms with Gasteiger partial charge in [0.25, 0.3) is 0 Å². The van der Waals surface area contributed by atoms with Gasteiger partial charge in [0.1, 0.15) is 5.69 Å². The lowest BCUT2D eigenvalue weighted by Gasteiger charge is -2.12. The summed E-state index contributed by atoms with van der Waals surface area (Å²) in [6, 6.07) is 64.3. The zero-order valence-electron chi connectivity index (χ0n) is 29.1. The first-order valence-corrected chi connectivity index (χ1v) is 18.2. The molecule has 0 unspecified atom stereocenters. The molecule has 9 aromatic carbocycles. The Labute approximate surface area is 311 Å². The van der Waals surface area contributed by atoms with Gasteiger partial charge in [0.2, 0.25) is 0 Å². The van der Waals surface area contributed by atoms with Gasteiger partial charge in [-0.1, -0.05) is 146 Å². The summed E-state index contributed by atoms with van der Waals surface area (Å²) in [5, 5.41) is 13.4. The Kier molecular flexibility index (Phi) is 6.82. The van der Waals surface area contributed by atoms with Gasteiger partial charge in [-0.05, 0) is 101 Å². The predicted molar refractivity (Wildman–Crippen MR) is 224 cm³/mol. The minimum absolute atomic E-state index is 0.543. The van der Waals surface area contributed by atoms with Gasteiger partial charge in [-0.3, -0.25) is 0 Å². The van der Waals surface area contributed by atoms with E-state index in [1.165, 1.54) is 54.2 Å². The van der Waals surface area contributed by atoms with Crippen molar-refractivity contribution in [3.63, 3.8) is 0 Å². The van der Waals surface area contributed by atoms with E-state index in [2.05, 4.69) is 146 Å². The second-order valence-corrected chi connectivity index (χ2v) is 13.9. The number of fused-ring (bicyclic) bond motifs is 10. The van der Waals surface area contributed by atoms with Crippen molar-refractivity contribution in [2.45, 2.75) is 0 Å². The van der Waals surface area contributed by atoms with Crippen LogP contribution in [0.25, 0.3) is 110 Å². The Morgan fingerprint density at radius 1 is 0.241 bits per heavy atom. The van der Waals surface area contributed by atoms with Gasteiger partial charge in [0.15, 0.2) is 17.5 Å². The molecule has 0 fully saturated rings. The van der Waals surface area contributed by atoms with Crippen LogP contribution in [0, 0.1) is 0 Å². The van der Waals surface area contributed by atoms with Gasteiger partial charge in [0, 0.05) is 16.5 Å². The smallest absolute Gasteiger partial charge is 0.182 e. The van der Waals surface area contributed by atoms with E-state index < -0.39 is 0 Å². The fourth-order valence-corrected chi connectivity index (χ4v) is 8.00. The highest BCUT2D eigenvalue weighted by Gasteiger charge is 2.15. The predicted octanol–water partition coefficient (Wildman–Crippen LogP) is 12.9. The van der Waals surface area contributed by atoms with Gasteiger partial charge in [-0.2, -0.15) is 0 Å². The molecule has 0 N–H and O–H groups in total. The zero-order valence-corrected chi connectivity index (χ0v) is 29.1. The van der Waals surface area contributed by atoms with E-state index >= 15 is 0 Å². The van der Waals surface area contributed by atoms with E-state index in [4.69, 9.17) is 19.9 Å². The van der Waals surface area contributed by atoms with Crippen LogP contribution in [-0.4, -0.2) is 19.9 Å². The molecule has 0 bridgehead atoms. The number of hydrogen-bond acceptors (Lipinski definition) is 4. The van der Waals surface area contributed by atoms with Crippen LogP contribution in [0.15, 0.2) is 182 Å². The van der Waals surface area contributed by atoms with Gasteiger partial charge in [0.05, 0.1) is 5.52 Å². The van der Waals surface area contributed by atoms with Crippen LogP contribution in [-0.2, 0) is 0 Å². The van der Waals surface area contributed by atoms with E-state index in [0.29, 0.717) is 23.2 Å². The molecule has 0 saturated heterocycles. The van der Waals surface area contributed by atoms with Crippen LogP contribution >= 0.6 is 0 Å². The molecule has 0 spiro atoms. The van der Waals surface area contributed by atoms with Crippen LogP contribution in [0.1, 0.15) is 0 Å². The highest BCUT2D eigenvalue weighted by Crippen LogP contribution is 2.38. The molecule has 250 valence electrons. The van der Waals surface area contributed by atoms with E-state index in [1.807, 2.05) is 36.4 Å². The van der Waals surface area contributed by atoms with Crippen molar-refractivity contribution in [2.24, 2.45) is 0 Å². The lowest BCUT2D eigenvalue weighted by atomic mass is 9.91. The molecule has 11 aromatic rings. The van der Waals surface area contributed by atoms with Crippen molar-refractivity contribution in [1.82, 2.24) is 19.9 Å². The monoisotopic (exact) mass is 686 g/mol. The lowest BCUT2D eigenvalue weighted by Crippen LogP contribution is -2.01. The largest absolute Gasteiger partial charge is 0.244 e. The first-order chi connectivity index (χ1) is 26.7. The van der Waals surface area contributed by atoms with Crippen molar-refractivity contribution in [1.29, 1.82) is 0 Å². The average Bonchev–Trinajstić information content (AvgIpc) is 3.26. The van der Waals surface area contributed by atoms with Crippen molar-refractivity contribution >= 4 is 64.8 Å². The highest BCUT2D eigenvalue weighted by molar-refractivity contribution is 6.25. The zero-order chi connectivity index (χ0) is 35.6. The van der Waals surface area contributed by atoms with Gasteiger partial charge in [-0.15, -0.1) is 0 Å². The summed E-state index contributed by atoms with van der Waals surface area (Å²) in [6.45, 7) is 0. The standard InChI is InChI=1S/C50H30N4/c1-2-11-32(12-3-1)48-52-49(54-50(53-48)47-27-25-44-38-13-5-4-10-31(38)23-26-46(44)51-47)37-21-20-33-28-34(18-19-35(33)29-37)36-22-24-43-41-16-7-6-14-39(41)40-15-8-9-17-42(40)45(43)30-36/h1-30H. The van der Waals surface area contributed by atoms with Crippen molar-refractivity contribution in [3.05, 3.63) is 182 Å². The molecule has 0 aliphatic carbocycles. The molecule has 0 radical (unpaired) electrons. The molecular formula is C50H30N4. The Hall–Kier alpha value is -7.30. The Morgan fingerprint density at radius 3 is 1.48 bits per heavy atom. The normalized spacial score (nSPS) is 11.7. The van der Waals surface area contributed by atoms with Gasteiger partial charge in [-0.25, -0.2) is 19.9 Å². The highest BCUT2D eigenvalue weighted by atomic mass is 15.0. The molecule has 2 aromatic heterocycles. The molecule has 0 amide bonds. The Balaban J connectivity index is 1.01. The second-order valence-electron chi connectivity index (χ2n) is 13.9. The molecule has 4 nitrogen and oxygen atoms in total. The maximum Gasteiger partial charge on any atom is 0.182 e. The molecule has 0 saturated carbocycles. The Morgan fingerprint density at radius 2 is 0.741 bits per heavy atom. The van der Waals surface area contributed by atoms with Crippen molar-refractivity contribution in [2.75, 3.05) is 0 Å². The summed E-state index contributed by atoms with van der Waals surface area (Å²) < 4.78 is 0. The molecule has 0 aliphatic heterocycles. The molecule has 54 heavy (non-hydrogen) atoms. The fourth-order valence-electron chi connectivity index (χ4n) is 8.00. The number of aromatic nitrogens is 4. The second kappa shape index (κ2) is 12.1. The first-order valence-electron chi connectivity index (χ1n) is 18.2. The maximum atomic E-state index is 5.05. The third-order valence-electron chi connectivity index (χ3n) is 10.7.